The zero-order valence-corrected chi connectivity index (χ0v) is 15.0. The number of nitrogens with one attached hydrogen (secondary N) is 1. The molecule has 1 saturated carbocycles. The van der Waals surface area contributed by atoms with E-state index in [1.807, 2.05) is 6.92 Å². The van der Waals surface area contributed by atoms with Gasteiger partial charge in [-0.25, -0.2) is 13.1 Å². The normalized spacial score (nSPS) is 24.4. The number of nitrogens with zero attached hydrogens (tertiary/aromatic N) is 1. The van der Waals surface area contributed by atoms with E-state index in [-0.39, 0.29) is 22.3 Å². The van der Waals surface area contributed by atoms with Crippen molar-refractivity contribution >= 4 is 15.9 Å². The molecule has 7 heteroatoms. The Morgan fingerprint density at radius 1 is 1.42 bits per heavy atom. The Kier molecular flexibility index (Phi) is 4.44. The van der Waals surface area contributed by atoms with Crippen LogP contribution in [0.4, 0.5) is 0 Å². The predicted octanol–water partition coefficient (Wildman–Crippen LogP) is 1.25. The third-order valence-corrected chi connectivity index (χ3v) is 6.50. The number of benzene rings is 1. The molecule has 1 atom stereocenters. The molecule has 6 nitrogen and oxygen atoms in total. The van der Waals surface area contributed by atoms with E-state index in [0.29, 0.717) is 25.2 Å². The van der Waals surface area contributed by atoms with Crippen LogP contribution in [0, 0.1) is 12.3 Å². The zero-order chi connectivity index (χ0) is 17.5. The first kappa shape index (κ1) is 17.4. The average Bonchev–Trinajstić information content (AvgIpc) is 3.25. The van der Waals surface area contributed by atoms with E-state index in [0.717, 1.165) is 24.8 Å². The highest BCUT2D eigenvalue weighted by atomic mass is 32.2. The van der Waals surface area contributed by atoms with Gasteiger partial charge in [0.15, 0.2) is 0 Å². The van der Waals surface area contributed by atoms with Crippen molar-refractivity contribution in [3.05, 3.63) is 29.3 Å². The van der Waals surface area contributed by atoms with Crippen molar-refractivity contribution in [2.45, 2.75) is 44.0 Å². The van der Waals surface area contributed by atoms with Crippen LogP contribution in [0.15, 0.2) is 23.1 Å². The van der Waals surface area contributed by atoms with Crippen LogP contribution in [-0.2, 0) is 10.0 Å². The van der Waals surface area contributed by atoms with Gasteiger partial charge >= 0.3 is 0 Å². The molecule has 3 rings (SSSR count). The maximum Gasteiger partial charge on any atom is 0.254 e. The molecule has 0 spiro atoms. The minimum Gasteiger partial charge on any atom is -0.338 e. The summed E-state index contributed by atoms with van der Waals surface area (Å²) in [6.45, 7) is 5.71. The number of amides is 1. The standard InChI is InChI=1S/C17H25N3O3S/c1-12-3-6-14(24(22,23)19-13-4-5-13)9-15(12)16(21)20-8-7-17(2,10-18)11-20/h3,6,9,13,19H,4-5,7-8,10-11,18H2,1-2H3. The van der Waals surface area contributed by atoms with Crippen LogP contribution in [0.5, 0.6) is 0 Å². The van der Waals surface area contributed by atoms with Crippen LogP contribution in [0.2, 0.25) is 0 Å². The highest BCUT2D eigenvalue weighted by Gasteiger charge is 2.36. The lowest BCUT2D eigenvalue weighted by atomic mass is 9.90. The van der Waals surface area contributed by atoms with Crippen molar-refractivity contribution in [1.82, 2.24) is 9.62 Å². The topological polar surface area (TPSA) is 92.5 Å². The molecule has 1 amide bonds. The smallest absolute Gasteiger partial charge is 0.254 e. The molecule has 2 aliphatic rings. The van der Waals surface area contributed by atoms with Gasteiger partial charge in [0, 0.05) is 24.7 Å². The van der Waals surface area contributed by atoms with Crippen LogP contribution in [-0.4, -0.2) is 44.9 Å². The lowest BCUT2D eigenvalue weighted by molar-refractivity contribution is 0.0776. The second-order valence-electron chi connectivity index (χ2n) is 7.36. The predicted molar refractivity (Wildman–Crippen MR) is 92.2 cm³/mol. The first-order chi connectivity index (χ1) is 11.2. The lowest BCUT2D eigenvalue weighted by Gasteiger charge is -2.23. The van der Waals surface area contributed by atoms with Gasteiger partial charge in [-0.15, -0.1) is 0 Å². The molecular formula is C17H25N3O3S. The van der Waals surface area contributed by atoms with Crippen molar-refractivity contribution in [3.63, 3.8) is 0 Å². The SMILES string of the molecule is Cc1ccc(S(=O)(=O)NC2CC2)cc1C(=O)N1CCC(C)(CN)C1. The van der Waals surface area contributed by atoms with E-state index in [2.05, 4.69) is 11.6 Å². The monoisotopic (exact) mass is 351 g/mol. The number of carbonyl (C=O) groups excluding carboxylic acids is 1. The fourth-order valence-corrected chi connectivity index (χ4v) is 4.35. The highest BCUT2D eigenvalue weighted by Crippen LogP contribution is 2.30. The molecule has 2 fully saturated rings. The Hall–Kier alpha value is -1.44. The summed E-state index contributed by atoms with van der Waals surface area (Å²) in [6.07, 6.45) is 2.63. The van der Waals surface area contributed by atoms with Gasteiger partial charge in [-0.05, 0) is 55.8 Å². The van der Waals surface area contributed by atoms with Crippen LogP contribution >= 0.6 is 0 Å². The van der Waals surface area contributed by atoms with Crippen LogP contribution < -0.4 is 10.5 Å². The van der Waals surface area contributed by atoms with Crippen molar-refractivity contribution in [2.75, 3.05) is 19.6 Å². The van der Waals surface area contributed by atoms with Gasteiger partial charge in [0.2, 0.25) is 10.0 Å². The van der Waals surface area contributed by atoms with E-state index in [4.69, 9.17) is 5.73 Å². The molecule has 1 heterocycles. The van der Waals surface area contributed by atoms with Gasteiger partial charge in [0.25, 0.3) is 5.91 Å². The van der Waals surface area contributed by atoms with Crippen LogP contribution in [0.25, 0.3) is 0 Å². The van der Waals surface area contributed by atoms with Gasteiger partial charge in [-0.3, -0.25) is 4.79 Å². The Bertz CT molecular complexity index is 758. The maximum atomic E-state index is 12.9. The summed E-state index contributed by atoms with van der Waals surface area (Å²) in [5.41, 5.74) is 6.99. The number of aryl methyl sites for hydroxylation is 1. The summed E-state index contributed by atoms with van der Waals surface area (Å²) in [4.78, 5) is 14.8. The summed E-state index contributed by atoms with van der Waals surface area (Å²) in [5.74, 6) is -0.117. The van der Waals surface area contributed by atoms with Crippen molar-refractivity contribution in [3.8, 4) is 0 Å². The molecule has 24 heavy (non-hydrogen) atoms. The Balaban J connectivity index is 1.85. The third kappa shape index (κ3) is 3.48. The average molecular weight is 351 g/mol. The van der Waals surface area contributed by atoms with Crippen molar-refractivity contribution in [1.29, 1.82) is 0 Å². The number of hydrogen-bond acceptors (Lipinski definition) is 4. The number of rotatable bonds is 5. The fraction of sp³-hybridized carbons (Fsp3) is 0.588. The molecule has 3 N–H and O–H groups in total. The van der Waals surface area contributed by atoms with Crippen LogP contribution in [0.1, 0.15) is 42.1 Å². The number of likely N-dealkylation sites (tertiary alicyclic amines) is 1. The second-order valence-corrected chi connectivity index (χ2v) is 9.08. The third-order valence-electron chi connectivity index (χ3n) is 4.99. The summed E-state index contributed by atoms with van der Waals surface area (Å²) >= 11 is 0. The van der Waals surface area contributed by atoms with Crippen LogP contribution in [0.3, 0.4) is 0 Å². The molecule has 1 aromatic rings. The zero-order valence-electron chi connectivity index (χ0n) is 14.2. The van der Waals surface area contributed by atoms with E-state index in [9.17, 15) is 13.2 Å². The Labute approximate surface area is 143 Å². The van der Waals surface area contributed by atoms with Gasteiger partial charge in [0.05, 0.1) is 4.90 Å². The van der Waals surface area contributed by atoms with Gasteiger partial charge in [-0.1, -0.05) is 13.0 Å². The number of nitrogens with two attached hydrogens (primary N) is 1. The van der Waals surface area contributed by atoms with E-state index < -0.39 is 10.0 Å². The first-order valence-electron chi connectivity index (χ1n) is 8.36. The molecule has 1 aliphatic heterocycles. The summed E-state index contributed by atoms with van der Waals surface area (Å²) in [6, 6.07) is 4.80. The Morgan fingerprint density at radius 2 is 2.12 bits per heavy atom. The Morgan fingerprint density at radius 3 is 2.71 bits per heavy atom. The molecule has 0 aromatic heterocycles. The molecule has 1 unspecified atom stereocenters. The van der Waals surface area contributed by atoms with Gasteiger partial charge in [-0.2, -0.15) is 0 Å². The number of hydrogen-bond donors (Lipinski definition) is 2. The number of sulfonamides is 1. The van der Waals surface area contributed by atoms with Crippen molar-refractivity contribution < 1.29 is 13.2 Å². The molecule has 1 saturated heterocycles. The number of carbonyl (C=O) groups is 1. The molecular weight excluding hydrogens is 326 g/mol. The van der Waals surface area contributed by atoms with E-state index in [1.54, 1.807) is 17.0 Å². The van der Waals surface area contributed by atoms with Crippen molar-refractivity contribution in [2.24, 2.45) is 11.1 Å². The lowest BCUT2D eigenvalue weighted by Crippen LogP contribution is -2.35. The van der Waals surface area contributed by atoms with Gasteiger partial charge < -0.3 is 10.6 Å². The van der Waals surface area contributed by atoms with E-state index in [1.165, 1.54) is 6.07 Å². The highest BCUT2D eigenvalue weighted by molar-refractivity contribution is 7.89. The quantitative estimate of drug-likeness (QED) is 0.835. The second kappa shape index (κ2) is 6.13. The minimum atomic E-state index is -3.56. The first-order valence-corrected chi connectivity index (χ1v) is 9.85. The molecule has 0 bridgehead atoms. The molecule has 0 radical (unpaired) electrons. The largest absolute Gasteiger partial charge is 0.338 e. The summed E-state index contributed by atoms with van der Waals surface area (Å²) < 4.78 is 27.4. The van der Waals surface area contributed by atoms with Gasteiger partial charge in [0.1, 0.15) is 0 Å². The molecule has 1 aliphatic carbocycles. The summed E-state index contributed by atoms with van der Waals surface area (Å²) in [5, 5.41) is 0. The maximum absolute atomic E-state index is 12.9. The van der Waals surface area contributed by atoms with E-state index >= 15 is 0 Å². The molecule has 1 aromatic carbocycles. The molecule has 132 valence electrons. The summed E-state index contributed by atoms with van der Waals surface area (Å²) in [7, 11) is -3.56. The minimum absolute atomic E-state index is 0.0410. The fourth-order valence-electron chi connectivity index (χ4n) is 3.02.